The van der Waals surface area contributed by atoms with Crippen molar-refractivity contribution in [1.29, 1.82) is 5.26 Å². The molecule has 0 amide bonds. The van der Waals surface area contributed by atoms with Gasteiger partial charge >= 0.3 is 0 Å². The van der Waals surface area contributed by atoms with Crippen LogP contribution < -0.4 is 15.4 Å². The van der Waals surface area contributed by atoms with Gasteiger partial charge in [-0.15, -0.1) is 0 Å². The number of hydrogen-bond acceptors (Lipinski definition) is 10. The summed E-state index contributed by atoms with van der Waals surface area (Å²) < 4.78 is 47.7. The van der Waals surface area contributed by atoms with Crippen molar-refractivity contribution in [1.82, 2.24) is 30.4 Å². The summed E-state index contributed by atoms with van der Waals surface area (Å²) in [5.41, 5.74) is 1.52. The van der Waals surface area contributed by atoms with Gasteiger partial charge in [-0.3, -0.25) is 15.0 Å². The number of nitriles is 1. The number of nitrogens with zero attached hydrogens (tertiary/aromatic N) is 5. The van der Waals surface area contributed by atoms with Gasteiger partial charge in [0.15, 0.2) is 15.6 Å². The van der Waals surface area contributed by atoms with Crippen molar-refractivity contribution in [3.8, 4) is 40.1 Å². The van der Waals surface area contributed by atoms with Crippen LogP contribution in [0.5, 0.6) is 11.5 Å². The molecule has 0 spiro atoms. The minimum absolute atomic E-state index is 0.0164. The second-order valence-corrected chi connectivity index (χ2v) is 11.1. The molecule has 13 heteroatoms. The molecule has 192 valence electrons. The molecular formula is C25H20FN7O3S2. The number of aryl methyl sites for hydroxylation is 1. The first kappa shape index (κ1) is 25.4. The zero-order valence-electron chi connectivity index (χ0n) is 19.9. The topological polar surface area (TPSA) is 135 Å². The molecule has 0 radical (unpaired) electrons. The van der Waals surface area contributed by atoms with E-state index in [1.165, 1.54) is 42.4 Å². The van der Waals surface area contributed by atoms with Crippen molar-refractivity contribution >= 4 is 21.6 Å². The fourth-order valence-electron chi connectivity index (χ4n) is 3.74. The fraction of sp³-hybridized carbons (Fsp3) is 0.120. The lowest BCUT2D eigenvalue weighted by Gasteiger charge is -2.15. The Balaban J connectivity index is 1.48. The van der Waals surface area contributed by atoms with E-state index in [0.29, 0.717) is 17.0 Å². The summed E-state index contributed by atoms with van der Waals surface area (Å²) in [6, 6.07) is 12.7. The van der Waals surface area contributed by atoms with E-state index >= 15 is 0 Å². The maximum Gasteiger partial charge on any atom is 0.222 e. The molecular weight excluding hydrogens is 529 g/mol. The molecule has 5 rings (SSSR count). The molecule has 2 N–H and O–H groups in total. The summed E-state index contributed by atoms with van der Waals surface area (Å²) in [5, 5.41) is 21.7. The zero-order chi connectivity index (χ0) is 26.7. The number of nitrogens with one attached hydrogen (secondary N) is 2. The number of halogens is 1. The Kier molecular flexibility index (Phi) is 7.10. The van der Waals surface area contributed by atoms with Crippen molar-refractivity contribution in [2.45, 2.75) is 10.4 Å². The lowest BCUT2D eigenvalue weighted by molar-refractivity contribution is 0.479. The highest BCUT2D eigenvalue weighted by molar-refractivity contribution is 8.02. The van der Waals surface area contributed by atoms with Crippen molar-refractivity contribution in [2.24, 2.45) is 7.05 Å². The Bertz CT molecular complexity index is 1670. The van der Waals surface area contributed by atoms with Crippen LogP contribution in [0.3, 0.4) is 0 Å². The third-order valence-electron chi connectivity index (χ3n) is 5.64. The molecule has 4 heterocycles. The van der Waals surface area contributed by atoms with Gasteiger partial charge in [0.05, 0.1) is 33.6 Å². The smallest absolute Gasteiger partial charge is 0.222 e. The monoisotopic (exact) mass is 549 g/mol. The Morgan fingerprint density at radius 3 is 2.76 bits per heavy atom. The van der Waals surface area contributed by atoms with Gasteiger partial charge in [0.2, 0.25) is 5.95 Å². The predicted octanol–water partition coefficient (Wildman–Crippen LogP) is 3.76. The third-order valence-corrected chi connectivity index (χ3v) is 8.03. The van der Waals surface area contributed by atoms with Crippen LogP contribution in [0.15, 0.2) is 77.6 Å². The lowest BCUT2D eigenvalue weighted by Crippen LogP contribution is -2.37. The van der Waals surface area contributed by atoms with Crippen LogP contribution in [0.25, 0.3) is 22.5 Å². The average molecular weight is 550 g/mol. The van der Waals surface area contributed by atoms with Gasteiger partial charge in [-0.2, -0.15) is 14.8 Å². The van der Waals surface area contributed by atoms with E-state index < -0.39 is 15.8 Å². The van der Waals surface area contributed by atoms with E-state index in [1.54, 1.807) is 48.4 Å². The van der Waals surface area contributed by atoms with E-state index in [2.05, 4.69) is 25.7 Å². The predicted molar refractivity (Wildman–Crippen MR) is 140 cm³/mol. The second kappa shape index (κ2) is 10.6. The first-order valence-electron chi connectivity index (χ1n) is 11.2. The van der Waals surface area contributed by atoms with Crippen LogP contribution in [-0.4, -0.2) is 39.5 Å². The molecule has 1 unspecified atom stereocenters. The molecule has 1 aliphatic heterocycles. The first-order chi connectivity index (χ1) is 18.4. The van der Waals surface area contributed by atoms with Crippen LogP contribution in [0.4, 0.5) is 4.39 Å². The second-order valence-electron chi connectivity index (χ2n) is 8.07. The van der Waals surface area contributed by atoms with E-state index in [9.17, 15) is 18.1 Å². The summed E-state index contributed by atoms with van der Waals surface area (Å²) >= 11 is 1.42. The van der Waals surface area contributed by atoms with E-state index in [0.717, 1.165) is 0 Å². The summed E-state index contributed by atoms with van der Waals surface area (Å²) in [7, 11) is -1.98. The standard InChI is InChI=1S/C25H20FN7O3S2/c1-33-21(6-8-32-33)19-12-20(18-3-2-7-28-24(18)26)30-14-23(19)36-22-5-4-17(11-16(22)13-27)38(34,35)15-31-25-29-9-10-37-25/h2-12,14,25,29,31H,15H2,1H3. The molecule has 0 aliphatic carbocycles. The summed E-state index contributed by atoms with van der Waals surface area (Å²) in [4.78, 5) is 8.02. The van der Waals surface area contributed by atoms with Crippen LogP contribution in [0.1, 0.15) is 5.56 Å². The quantitative estimate of drug-likeness (QED) is 0.313. The first-order valence-corrected chi connectivity index (χ1v) is 13.8. The van der Waals surface area contributed by atoms with Gasteiger partial charge in [0, 0.05) is 31.2 Å². The zero-order valence-corrected chi connectivity index (χ0v) is 21.5. The highest BCUT2D eigenvalue weighted by Crippen LogP contribution is 2.37. The van der Waals surface area contributed by atoms with Gasteiger partial charge in [-0.05, 0) is 47.9 Å². The van der Waals surface area contributed by atoms with Gasteiger partial charge < -0.3 is 10.1 Å². The molecule has 0 saturated carbocycles. The normalized spacial score (nSPS) is 14.7. The minimum atomic E-state index is -3.72. The number of thioether (sulfide) groups is 1. The van der Waals surface area contributed by atoms with Crippen LogP contribution in [0, 0.1) is 17.3 Å². The Morgan fingerprint density at radius 2 is 2.05 bits per heavy atom. The SMILES string of the molecule is Cn1nccc1-c1cc(-c2cccnc2F)ncc1Oc1ccc(S(=O)(=O)CNC2NC=CS2)cc1C#N. The van der Waals surface area contributed by atoms with E-state index in [-0.39, 0.29) is 38.9 Å². The third kappa shape index (κ3) is 5.23. The number of pyridine rings is 2. The largest absolute Gasteiger partial charge is 0.454 e. The van der Waals surface area contributed by atoms with Crippen molar-refractivity contribution < 1.29 is 17.5 Å². The lowest BCUT2D eigenvalue weighted by atomic mass is 10.1. The van der Waals surface area contributed by atoms with Crippen LogP contribution >= 0.6 is 11.8 Å². The number of rotatable bonds is 8. The maximum absolute atomic E-state index is 14.4. The van der Waals surface area contributed by atoms with Crippen molar-refractivity contribution in [3.63, 3.8) is 0 Å². The average Bonchev–Trinajstić information content (AvgIpc) is 3.60. The minimum Gasteiger partial charge on any atom is -0.454 e. The number of aromatic nitrogens is 4. The summed E-state index contributed by atoms with van der Waals surface area (Å²) in [6.45, 7) is 0. The van der Waals surface area contributed by atoms with Crippen molar-refractivity contribution in [3.05, 3.63) is 84.2 Å². The fourth-order valence-corrected chi connectivity index (χ4v) is 5.63. The Labute approximate surface area is 222 Å². The Morgan fingerprint density at radius 1 is 1.18 bits per heavy atom. The highest BCUT2D eigenvalue weighted by Gasteiger charge is 2.21. The number of sulfone groups is 1. The molecule has 1 aliphatic rings. The van der Waals surface area contributed by atoms with Crippen LogP contribution in [0.2, 0.25) is 0 Å². The van der Waals surface area contributed by atoms with Gasteiger partial charge in [-0.25, -0.2) is 13.4 Å². The molecule has 38 heavy (non-hydrogen) atoms. The molecule has 1 atom stereocenters. The number of benzene rings is 1. The molecule has 10 nitrogen and oxygen atoms in total. The Hall–Kier alpha value is -4.25. The molecule has 0 bridgehead atoms. The van der Waals surface area contributed by atoms with Crippen molar-refractivity contribution in [2.75, 3.05) is 5.88 Å². The van der Waals surface area contributed by atoms with Gasteiger partial charge in [0.25, 0.3) is 0 Å². The molecule has 0 saturated heterocycles. The molecule has 4 aromatic rings. The number of ether oxygens (including phenoxy) is 1. The van der Waals surface area contributed by atoms with E-state index in [4.69, 9.17) is 4.74 Å². The van der Waals surface area contributed by atoms with Gasteiger partial charge in [-0.1, -0.05) is 11.8 Å². The van der Waals surface area contributed by atoms with Gasteiger partial charge in [0.1, 0.15) is 23.2 Å². The van der Waals surface area contributed by atoms with E-state index in [1.807, 2.05) is 11.5 Å². The number of hydrogen-bond donors (Lipinski definition) is 2. The van der Waals surface area contributed by atoms with Crippen LogP contribution in [-0.2, 0) is 16.9 Å². The molecule has 1 aromatic carbocycles. The summed E-state index contributed by atoms with van der Waals surface area (Å²) in [6.07, 6.45) is 6.10. The summed E-state index contributed by atoms with van der Waals surface area (Å²) in [5.74, 6) is -0.568. The molecule has 3 aromatic heterocycles. The maximum atomic E-state index is 14.4. The molecule has 0 fully saturated rings. The highest BCUT2D eigenvalue weighted by atomic mass is 32.2.